The van der Waals surface area contributed by atoms with Crippen LogP contribution in [0.1, 0.15) is 39.6 Å². The van der Waals surface area contributed by atoms with E-state index in [0.29, 0.717) is 5.56 Å². The second kappa shape index (κ2) is 6.62. The van der Waals surface area contributed by atoms with Gasteiger partial charge in [-0.1, -0.05) is 29.8 Å². The van der Waals surface area contributed by atoms with Gasteiger partial charge in [-0.05, 0) is 12.5 Å². The number of alkyl halides is 2. The van der Waals surface area contributed by atoms with Gasteiger partial charge >= 0.3 is 0 Å². The van der Waals surface area contributed by atoms with Gasteiger partial charge in [-0.2, -0.15) is 5.10 Å². The smallest absolute Gasteiger partial charge is 0.280 e. The number of carbonyl (C=O) groups excluding carboxylic acids is 2. The maximum absolute atomic E-state index is 13.3. The number of piperazine rings is 1. The molecule has 1 aliphatic heterocycles. The molecule has 2 amide bonds. The van der Waals surface area contributed by atoms with Crippen LogP contribution in [0.15, 0.2) is 30.5 Å². The molecule has 3 rings (SSSR count). The van der Waals surface area contributed by atoms with Gasteiger partial charge in [0, 0.05) is 20.1 Å². The zero-order chi connectivity index (χ0) is 18.1. The lowest BCUT2D eigenvalue weighted by Crippen LogP contribution is -2.52. The highest BCUT2D eigenvalue weighted by atomic mass is 19.3. The van der Waals surface area contributed by atoms with Gasteiger partial charge < -0.3 is 10.2 Å². The Morgan fingerprint density at radius 3 is 2.84 bits per heavy atom. The van der Waals surface area contributed by atoms with Gasteiger partial charge in [0.05, 0.1) is 11.8 Å². The zero-order valence-electron chi connectivity index (χ0n) is 13.9. The molecular weight excluding hydrogens is 330 g/mol. The van der Waals surface area contributed by atoms with E-state index in [1.54, 1.807) is 12.1 Å². The van der Waals surface area contributed by atoms with Crippen molar-refractivity contribution in [3.63, 3.8) is 0 Å². The number of rotatable bonds is 3. The van der Waals surface area contributed by atoms with Crippen LogP contribution in [-0.2, 0) is 11.8 Å². The largest absolute Gasteiger partial charge is 0.352 e. The normalized spacial score (nSPS) is 17.7. The number of aromatic nitrogens is 2. The molecular formula is C17H18F2N4O2. The number of halogens is 2. The number of nitrogens with zero attached hydrogens (tertiary/aromatic N) is 3. The third-order valence-electron chi connectivity index (χ3n) is 4.25. The molecule has 1 atom stereocenters. The van der Waals surface area contributed by atoms with Crippen LogP contribution in [0.4, 0.5) is 8.78 Å². The minimum atomic E-state index is -2.83. The van der Waals surface area contributed by atoms with Gasteiger partial charge in [0.15, 0.2) is 0 Å². The maximum Gasteiger partial charge on any atom is 0.280 e. The van der Waals surface area contributed by atoms with Crippen LogP contribution < -0.4 is 5.32 Å². The molecule has 25 heavy (non-hydrogen) atoms. The Labute approximate surface area is 143 Å². The predicted octanol–water partition coefficient (Wildman–Crippen LogP) is 1.98. The number of nitrogens with one attached hydrogen (secondary N) is 1. The summed E-state index contributed by atoms with van der Waals surface area (Å²) in [6, 6.07) is 6.38. The van der Waals surface area contributed by atoms with Crippen molar-refractivity contribution in [3.8, 4) is 0 Å². The monoisotopic (exact) mass is 348 g/mol. The lowest BCUT2D eigenvalue weighted by atomic mass is 9.99. The van der Waals surface area contributed by atoms with Crippen LogP contribution >= 0.6 is 0 Å². The van der Waals surface area contributed by atoms with Crippen LogP contribution in [0.2, 0.25) is 0 Å². The van der Waals surface area contributed by atoms with Crippen molar-refractivity contribution in [2.45, 2.75) is 19.4 Å². The number of carbonyl (C=O) groups is 2. The molecule has 0 bridgehead atoms. The van der Waals surface area contributed by atoms with Crippen LogP contribution in [-0.4, -0.2) is 39.6 Å². The van der Waals surface area contributed by atoms with E-state index in [2.05, 4.69) is 10.4 Å². The Hall–Kier alpha value is -2.77. The quantitative estimate of drug-likeness (QED) is 0.922. The first kappa shape index (κ1) is 17.1. The first-order chi connectivity index (χ1) is 11.9. The van der Waals surface area contributed by atoms with Crippen molar-refractivity contribution in [2.24, 2.45) is 7.05 Å². The van der Waals surface area contributed by atoms with Crippen LogP contribution in [0.5, 0.6) is 0 Å². The van der Waals surface area contributed by atoms with E-state index in [1.165, 1.54) is 11.9 Å². The molecule has 1 fully saturated rings. The second-order valence-electron chi connectivity index (χ2n) is 5.97. The minimum absolute atomic E-state index is 0.176. The molecule has 2 heterocycles. The third kappa shape index (κ3) is 3.11. The number of hydrogen-bond donors (Lipinski definition) is 1. The van der Waals surface area contributed by atoms with Crippen molar-refractivity contribution < 1.29 is 18.4 Å². The van der Waals surface area contributed by atoms with E-state index in [1.807, 2.05) is 19.1 Å². The van der Waals surface area contributed by atoms with Crippen LogP contribution in [0.25, 0.3) is 0 Å². The van der Waals surface area contributed by atoms with E-state index < -0.39 is 24.1 Å². The molecule has 1 saturated heterocycles. The molecule has 0 radical (unpaired) electrons. The average molecular weight is 348 g/mol. The highest BCUT2D eigenvalue weighted by molar-refractivity contribution is 5.99. The number of aryl methyl sites for hydroxylation is 2. The fourth-order valence-corrected chi connectivity index (χ4v) is 3.08. The molecule has 1 aromatic carbocycles. The summed E-state index contributed by atoms with van der Waals surface area (Å²) < 4.78 is 27.6. The van der Waals surface area contributed by atoms with Crippen molar-refractivity contribution >= 4 is 11.8 Å². The summed E-state index contributed by atoms with van der Waals surface area (Å²) >= 11 is 0. The third-order valence-corrected chi connectivity index (χ3v) is 4.25. The highest BCUT2D eigenvalue weighted by Crippen LogP contribution is 2.29. The molecule has 132 valence electrons. The number of benzene rings is 1. The minimum Gasteiger partial charge on any atom is -0.352 e. The van der Waals surface area contributed by atoms with Gasteiger partial charge in [0.1, 0.15) is 11.7 Å². The molecule has 1 unspecified atom stereocenters. The SMILES string of the molecule is Cc1cccc(C2C(=O)NCCN2C(=O)c2cnn(C)c2C(F)F)c1. The molecule has 1 aromatic heterocycles. The number of hydrogen-bond acceptors (Lipinski definition) is 3. The second-order valence-corrected chi connectivity index (χ2v) is 5.97. The first-order valence-corrected chi connectivity index (χ1v) is 7.85. The Kier molecular flexibility index (Phi) is 4.52. The predicted molar refractivity (Wildman–Crippen MR) is 86.1 cm³/mol. The molecule has 0 aliphatic carbocycles. The van der Waals surface area contributed by atoms with Gasteiger partial charge in [-0.15, -0.1) is 0 Å². The Bertz CT molecular complexity index is 819. The summed E-state index contributed by atoms with van der Waals surface area (Å²) in [5, 5.41) is 6.50. The van der Waals surface area contributed by atoms with Gasteiger partial charge in [0.2, 0.25) is 5.91 Å². The van der Waals surface area contributed by atoms with E-state index >= 15 is 0 Å². The molecule has 0 spiro atoms. The standard InChI is InChI=1S/C17H18F2N4O2/c1-10-4-3-5-11(8-10)13-16(24)20-6-7-23(13)17(25)12-9-21-22(2)14(12)15(18)19/h3-5,8-9,13,15H,6-7H2,1-2H3,(H,20,24). The fourth-order valence-electron chi connectivity index (χ4n) is 3.08. The van der Waals surface area contributed by atoms with E-state index in [0.717, 1.165) is 16.4 Å². The molecule has 0 saturated carbocycles. The first-order valence-electron chi connectivity index (χ1n) is 7.85. The summed E-state index contributed by atoms with van der Waals surface area (Å²) in [5.41, 5.74) is 0.967. The summed E-state index contributed by atoms with van der Waals surface area (Å²) in [7, 11) is 1.36. The summed E-state index contributed by atoms with van der Waals surface area (Å²) in [6.45, 7) is 2.39. The van der Waals surface area contributed by atoms with E-state index in [-0.39, 0.29) is 24.6 Å². The molecule has 6 nitrogen and oxygen atoms in total. The fraction of sp³-hybridized carbons (Fsp3) is 0.353. The van der Waals surface area contributed by atoms with Crippen molar-refractivity contribution in [2.75, 3.05) is 13.1 Å². The lowest BCUT2D eigenvalue weighted by Gasteiger charge is -2.35. The molecule has 2 aromatic rings. The maximum atomic E-state index is 13.3. The average Bonchev–Trinajstić information content (AvgIpc) is 2.95. The molecule has 1 aliphatic rings. The van der Waals surface area contributed by atoms with Crippen molar-refractivity contribution in [3.05, 3.63) is 52.8 Å². The van der Waals surface area contributed by atoms with Crippen molar-refractivity contribution in [1.82, 2.24) is 20.0 Å². The van der Waals surface area contributed by atoms with Gasteiger partial charge in [0.25, 0.3) is 12.3 Å². The van der Waals surface area contributed by atoms with Crippen LogP contribution in [0.3, 0.4) is 0 Å². The number of amides is 2. The Morgan fingerprint density at radius 2 is 2.16 bits per heavy atom. The van der Waals surface area contributed by atoms with E-state index in [9.17, 15) is 18.4 Å². The summed E-state index contributed by atoms with van der Waals surface area (Å²) in [6.07, 6.45) is -1.70. The summed E-state index contributed by atoms with van der Waals surface area (Å²) in [4.78, 5) is 26.6. The zero-order valence-corrected chi connectivity index (χ0v) is 13.9. The van der Waals surface area contributed by atoms with E-state index in [4.69, 9.17) is 0 Å². The molecule has 8 heteroatoms. The van der Waals surface area contributed by atoms with Gasteiger partial charge in [-0.3, -0.25) is 14.3 Å². The Morgan fingerprint density at radius 1 is 1.40 bits per heavy atom. The van der Waals surface area contributed by atoms with Crippen LogP contribution in [0, 0.1) is 6.92 Å². The Balaban J connectivity index is 2.01. The molecule has 1 N–H and O–H groups in total. The summed E-state index contributed by atoms with van der Waals surface area (Å²) in [5.74, 6) is -0.947. The lowest BCUT2D eigenvalue weighted by molar-refractivity contribution is -0.128. The topological polar surface area (TPSA) is 67.2 Å². The van der Waals surface area contributed by atoms with Gasteiger partial charge in [-0.25, -0.2) is 8.78 Å². The highest BCUT2D eigenvalue weighted by Gasteiger charge is 2.37. The van der Waals surface area contributed by atoms with Crippen molar-refractivity contribution in [1.29, 1.82) is 0 Å².